The number of rotatable bonds is 4. The molecule has 1 aromatic heterocycles. The molecule has 1 atom stereocenters. The van der Waals surface area contributed by atoms with E-state index in [9.17, 15) is 4.39 Å². The molecule has 140 valence electrons. The van der Waals surface area contributed by atoms with Gasteiger partial charge in [0.25, 0.3) is 0 Å². The third-order valence-electron chi connectivity index (χ3n) is 5.57. The van der Waals surface area contributed by atoms with Gasteiger partial charge in [0, 0.05) is 31.5 Å². The van der Waals surface area contributed by atoms with E-state index in [2.05, 4.69) is 65.9 Å². The first-order valence-corrected chi connectivity index (χ1v) is 9.85. The van der Waals surface area contributed by atoms with Gasteiger partial charge >= 0.3 is 0 Å². The Kier molecular flexibility index (Phi) is 5.13. The van der Waals surface area contributed by atoms with Crippen LogP contribution >= 0.6 is 0 Å². The molecule has 0 fully saturated rings. The second kappa shape index (κ2) is 7.69. The van der Waals surface area contributed by atoms with Crippen molar-refractivity contribution in [1.82, 2.24) is 9.47 Å². The summed E-state index contributed by atoms with van der Waals surface area (Å²) in [6.07, 6.45) is 3.27. The monoisotopic (exact) mass is 362 g/mol. The highest BCUT2D eigenvalue weighted by Gasteiger charge is 2.27. The van der Waals surface area contributed by atoms with Crippen LogP contribution in [0.25, 0.3) is 0 Å². The van der Waals surface area contributed by atoms with Gasteiger partial charge < -0.3 is 4.57 Å². The lowest BCUT2D eigenvalue weighted by Gasteiger charge is -2.31. The summed E-state index contributed by atoms with van der Waals surface area (Å²) in [6.45, 7) is 7.40. The average Bonchev–Trinajstić information content (AvgIpc) is 3.05. The number of aromatic nitrogens is 1. The molecule has 3 heteroatoms. The van der Waals surface area contributed by atoms with Gasteiger partial charge in [-0.15, -0.1) is 0 Å². The summed E-state index contributed by atoms with van der Waals surface area (Å²) in [7, 11) is 0. The Morgan fingerprint density at radius 2 is 1.70 bits per heavy atom. The maximum Gasteiger partial charge on any atom is 0.123 e. The summed E-state index contributed by atoms with van der Waals surface area (Å²) in [5, 5.41) is 0. The maximum absolute atomic E-state index is 13.5. The van der Waals surface area contributed by atoms with Crippen molar-refractivity contribution in [3.8, 4) is 0 Å². The first kappa shape index (κ1) is 18.0. The summed E-state index contributed by atoms with van der Waals surface area (Å²) >= 11 is 0. The van der Waals surface area contributed by atoms with Crippen LogP contribution in [0.5, 0.6) is 0 Å². The van der Waals surface area contributed by atoms with Crippen molar-refractivity contribution in [1.29, 1.82) is 0 Å². The summed E-state index contributed by atoms with van der Waals surface area (Å²) in [5.41, 5.74) is 5.14. The molecule has 0 saturated heterocycles. The molecular formula is C24H27FN2. The number of benzene rings is 2. The maximum atomic E-state index is 13.5. The van der Waals surface area contributed by atoms with Crippen LogP contribution in [0.4, 0.5) is 4.39 Å². The number of nitrogens with zero attached hydrogens (tertiary/aromatic N) is 2. The van der Waals surface area contributed by atoms with Crippen LogP contribution in [-0.2, 0) is 13.1 Å². The highest BCUT2D eigenvalue weighted by atomic mass is 19.1. The summed E-state index contributed by atoms with van der Waals surface area (Å²) < 4.78 is 15.8. The molecule has 3 aromatic rings. The lowest BCUT2D eigenvalue weighted by atomic mass is 9.99. The van der Waals surface area contributed by atoms with Crippen LogP contribution in [0.15, 0.2) is 66.9 Å². The first-order valence-electron chi connectivity index (χ1n) is 9.85. The molecule has 0 bridgehead atoms. The standard InChI is InChI=1S/C24H27FN2/c1-18(2)20-8-6-19(7-9-20)17-27-16-4-15-26-14-3-5-23(26)24(27)21-10-12-22(25)13-11-21/h3,5-14,18,24H,4,15-17H2,1-2H3/t24-/m1/s1. The third kappa shape index (κ3) is 3.84. The molecule has 0 amide bonds. The molecule has 2 aromatic carbocycles. The largest absolute Gasteiger partial charge is 0.350 e. The molecule has 0 saturated carbocycles. The molecule has 0 spiro atoms. The fraction of sp³-hybridized carbons (Fsp3) is 0.333. The normalized spacial score (nSPS) is 17.7. The topological polar surface area (TPSA) is 8.17 Å². The fourth-order valence-electron chi connectivity index (χ4n) is 4.08. The number of halogens is 1. The van der Waals surface area contributed by atoms with Crippen LogP contribution in [0.3, 0.4) is 0 Å². The number of hydrogen-bond acceptors (Lipinski definition) is 1. The highest BCUT2D eigenvalue weighted by molar-refractivity contribution is 5.31. The van der Waals surface area contributed by atoms with Crippen LogP contribution in [0.1, 0.15) is 54.6 Å². The van der Waals surface area contributed by atoms with Crippen molar-refractivity contribution in [2.75, 3.05) is 6.54 Å². The quantitative estimate of drug-likeness (QED) is 0.574. The SMILES string of the molecule is CC(C)c1ccc(CN2CCCn3cccc3[C@H]2c2ccc(F)cc2)cc1. The average molecular weight is 362 g/mol. The zero-order valence-electron chi connectivity index (χ0n) is 16.1. The van der Waals surface area contributed by atoms with Gasteiger partial charge in [-0.3, -0.25) is 4.90 Å². The van der Waals surface area contributed by atoms with Gasteiger partial charge in [-0.2, -0.15) is 0 Å². The minimum Gasteiger partial charge on any atom is -0.350 e. The summed E-state index contributed by atoms with van der Waals surface area (Å²) in [6, 6.07) is 20.5. The highest BCUT2D eigenvalue weighted by Crippen LogP contribution is 2.33. The predicted molar refractivity (Wildman–Crippen MR) is 108 cm³/mol. The van der Waals surface area contributed by atoms with E-state index in [4.69, 9.17) is 0 Å². The van der Waals surface area contributed by atoms with Gasteiger partial charge in [0.1, 0.15) is 5.82 Å². The molecule has 4 rings (SSSR count). The Hall–Kier alpha value is -2.39. The van der Waals surface area contributed by atoms with Gasteiger partial charge in [0.15, 0.2) is 0 Å². The Morgan fingerprint density at radius 3 is 2.41 bits per heavy atom. The molecule has 1 aliphatic heterocycles. The van der Waals surface area contributed by atoms with Crippen molar-refractivity contribution in [2.45, 2.75) is 45.3 Å². The van der Waals surface area contributed by atoms with Crippen LogP contribution in [-0.4, -0.2) is 16.0 Å². The second-order valence-electron chi connectivity index (χ2n) is 7.80. The Labute approximate surface area is 161 Å². The van der Waals surface area contributed by atoms with E-state index in [0.717, 1.165) is 31.6 Å². The third-order valence-corrected chi connectivity index (χ3v) is 5.57. The van der Waals surface area contributed by atoms with Crippen molar-refractivity contribution < 1.29 is 4.39 Å². The van der Waals surface area contributed by atoms with Gasteiger partial charge in [0.2, 0.25) is 0 Å². The Bertz CT molecular complexity index is 878. The molecule has 2 nitrogen and oxygen atoms in total. The number of hydrogen-bond donors (Lipinski definition) is 0. The molecule has 27 heavy (non-hydrogen) atoms. The van der Waals surface area contributed by atoms with Gasteiger partial charge in [0.05, 0.1) is 6.04 Å². The van der Waals surface area contributed by atoms with Crippen molar-refractivity contribution in [3.05, 3.63) is 95.1 Å². The zero-order valence-corrected chi connectivity index (χ0v) is 16.1. The molecule has 2 heterocycles. The van der Waals surface area contributed by atoms with Gasteiger partial charge in [-0.1, -0.05) is 50.2 Å². The minimum absolute atomic E-state index is 0.146. The summed E-state index contributed by atoms with van der Waals surface area (Å²) in [5.74, 6) is 0.367. The minimum atomic E-state index is -0.182. The molecule has 0 N–H and O–H groups in total. The number of aryl methyl sites for hydroxylation is 1. The second-order valence-corrected chi connectivity index (χ2v) is 7.80. The van der Waals surface area contributed by atoms with Crippen LogP contribution < -0.4 is 0 Å². The van der Waals surface area contributed by atoms with E-state index in [1.54, 1.807) is 12.1 Å². The van der Waals surface area contributed by atoms with E-state index in [0.29, 0.717) is 5.92 Å². The van der Waals surface area contributed by atoms with Crippen LogP contribution in [0.2, 0.25) is 0 Å². The smallest absolute Gasteiger partial charge is 0.123 e. The summed E-state index contributed by atoms with van der Waals surface area (Å²) in [4.78, 5) is 2.52. The molecule has 0 unspecified atom stereocenters. The van der Waals surface area contributed by atoms with Crippen molar-refractivity contribution >= 4 is 0 Å². The van der Waals surface area contributed by atoms with Gasteiger partial charge in [-0.25, -0.2) is 4.39 Å². The van der Waals surface area contributed by atoms with E-state index in [1.807, 2.05) is 12.1 Å². The van der Waals surface area contributed by atoms with Crippen molar-refractivity contribution in [2.24, 2.45) is 0 Å². The van der Waals surface area contributed by atoms with E-state index in [1.165, 1.54) is 16.8 Å². The van der Waals surface area contributed by atoms with Crippen LogP contribution in [0, 0.1) is 5.82 Å². The molecule has 1 aliphatic rings. The van der Waals surface area contributed by atoms with Crippen molar-refractivity contribution in [3.63, 3.8) is 0 Å². The molecular weight excluding hydrogens is 335 g/mol. The fourth-order valence-corrected chi connectivity index (χ4v) is 4.08. The first-order chi connectivity index (χ1) is 13.1. The lowest BCUT2D eigenvalue weighted by Crippen LogP contribution is -2.29. The Morgan fingerprint density at radius 1 is 0.963 bits per heavy atom. The van der Waals surface area contributed by atoms with E-state index < -0.39 is 0 Å². The van der Waals surface area contributed by atoms with E-state index >= 15 is 0 Å². The predicted octanol–water partition coefficient (Wildman–Crippen LogP) is 5.75. The Balaban J connectivity index is 1.67. The zero-order chi connectivity index (χ0) is 18.8. The van der Waals surface area contributed by atoms with E-state index in [-0.39, 0.29) is 11.9 Å². The van der Waals surface area contributed by atoms with Gasteiger partial charge in [-0.05, 0) is 53.3 Å². The lowest BCUT2D eigenvalue weighted by molar-refractivity contribution is 0.220. The molecule has 0 aliphatic carbocycles. The molecule has 0 radical (unpaired) electrons. The number of fused-ring (bicyclic) bond motifs is 1.